The lowest BCUT2D eigenvalue weighted by atomic mass is 10.1. The molecule has 6 rings (SSSR count). The van der Waals surface area contributed by atoms with Gasteiger partial charge in [-0.25, -0.2) is 19.7 Å². The van der Waals surface area contributed by atoms with Gasteiger partial charge in [-0.1, -0.05) is 0 Å². The van der Waals surface area contributed by atoms with Gasteiger partial charge in [0, 0.05) is 55.6 Å². The predicted molar refractivity (Wildman–Crippen MR) is 151 cm³/mol. The molecule has 2 N–H and O–H groups in total. The Hall–Kier alpha value is -4.86. The summed E-state index contributed by atoms with van der Waals surface area (Å²) in [5, 5.41) is 13.7. The summed E-state index contributed by atoms with van der Waals surface area (Å²) in [7, 11) is 1.97. The van der Waals surface area contributed by atoms with E-state index in [-0.39, 0.29) is 6.04 Å². The van der Waals surface area contributed by atoms with E-state index in [1.54, 1.807) is 12.7 Å². The quantitative estimate of drug-likeness (QED) is 0.309. The van der Waals surface area contributed by atoms with E-state index in [1.807, 2.05) is 74.0 Å². The Labute approximate surface area is 225 Å². The summed E-state index contributed by atoms with van der Waals surface area (Å²) in [5.74, 6) is 2.20. The summed E-state index contributed by atoms with van der Waals surface area (Å²) in [6, 6.07) is 18.0. The molecule has 1 fully saturated rings. The minimum absolute atomic E-state index is 0.0573. The number of carboxylic acid groups (broad SMARTS) is 1. The van der Waals surface area contributed by atoms with Crippen LogP contribution in [-0.4, -0.2) is 61.3 Å². The van der Waals surface area contributed by atoms with Crippen LogP contribution < -0.4 is 15.0 Å². The smallest absolute Gasteiger partial charge is 0.407 e. The lowest BCUT2D eigenvalue weighted by Crippen LogP contribution is -2.53. The Morgan fingerprint density at radius 2 is 1.90 bits per heavy atom. The number of fused-ring (bicyclic) bond motifs is 2. The average Bonchev–Trinajstić information content (AvgIpc) is 3.30. The van der Waals surface area contributed by atoms with E-state index in [0.29, 0.717) is 25.5 Å². The van der Waals surface area contributed by atoms with Crippen molar-refractivity contribution in [1.82, 2.24) is 24.4 Å². The van der Waals surface area contributed by atoms with Gasteiger partial charge in [0.1, 0.15) is 23.6 Å². The van der Waals surface area contributed by atoms with Gasteiger partial charge in [-0.15, -0.1) is 0 Å². The predicted octanol–water partition coefficient (Wildman–Crippen LogP) is 5.55. The van der Waals surface area contributed by atoms with E-state index < -0.39 is 6.09 Å². The first kappa shape index (κ1) is 24.5. The molecule has 10 heteroatoms. The Morgan fingerprint density at radius 1 is 1.03 bits per heavy atom. The van der Waals surface area contributed by atoms with Crippen molar-refractivity contribution < 1.29 is 14.6 Å². The summed E-state index contributed by atoms with van der Waals surface area (Å²) < 4.78 is 8.15. The Kier molecular flexibility index (Phi) is 6.14. The number of amides is 1. The van der Waals surface area contributed by atoms with Crippen LogP contribution in [-0.2, 0) is 7.05 Å². The third-order valence-electron chi connectivity index (χ3n) is 7.21. The molecule has 198 valence electrons. The Bertz CT molecular complexity index is 1700. The molecular weight excluding hydrogens is 494 g/mol. The number of benzene rings is 3. The van der Waals surface area contributed by atoms with Gasteiger partial charge in [-0.3, -0.25) is 0 Å². The van der Waals surface area contributed by atoms with E-state index in [4.69, 9.17) is 4.74 Å². The van der Waals surface area contributed by atoms with Gasteiger partial charge < -0.3 is 29.5 Å². The second-order valence-electron chi connectivity index (χ2n) is 9.91. The first-order valence-corrected chi connectivity index (χ1v) is 12.8. The summed E-state index contributed by atoms with van der Waals surface area (Å²) in [6.45, 7) is 5.61. The number of ether oxygens (including phenoxy) is 1. The molecule has 0 unspecified atom stereocenters. The van der Waals surface area contributed by atoms with Gasteiger partial charge in [0.05, 0.1) is 22.9 Å². The second-order valence-corrected chi connectivity index (χ2v) is 9.91. The standard InChI is InChI=1S/C29H29N7O3/c1-18-12-20(4-9-27(18)39-22-6-8-26-25(14-22)32-17-34(26)3)33-28-23-13-21(5-7-24(23)30-16-31-28)36-11-10-35(29(37)38)15-19(36)2/h4-9,12-14,16-17,19H,10-11,15H2,1-3H3,(H,37,38)(H,30,31,33)/t19-/m0/s1. The first-order valence-electron chi connectivity index (χ1n) is 12.8. The molecule has 1 amide bonds. The number of hydrogen-bond acceptors (Lipinski definition) is 7. The zero-order chi connectivity index (χ0) is 27.1. The highest BCUT2D eigenvalue weighted by Crippen LogP contribution is 2.32. The fourth-order valence-corrected chi connectivity index (χ4v) is 5.12. The summed E-state index contributed by atoms with van der Waals surface area (Å²) >= 11 is 0. The largest absolute Gasteiger partial charge is 0.465 e. The molecule has 0 radical (unpaired) electrons. The molecule has 0 saturated carbocycles. The number of nitrogens with zero attached hydrogens (tertiary/aromatic N) is 6. The van der Waals surface area contributed by atoms with E-state index in [2.05, 4.69) is 31.2 Å². The normalized spacial score (nSPS) is 15.6. The van der Waals surface area contributed by atoms with Gasteiger partial charge in [0.15, 0.2) is 0 Å². The van der Waals surface area contributed by atoms with Gasteiger partial charge in [-0.05, 0) is 67.9 Å². The number of rotatable bonds is 5. The van der Waals surface area contributed by atoms with E-state index in [9.17, 15) is 9.90 Å². The van der Waals surface area contributed by atoms with Crippen LogP contribution in [0, 0.1) is 6.92 Å². The molecular formula is C29H29N7O3. The average molecular weight is 524 g/mol. The van der Waals surface area contributed by atoms with Gasteiger partial charge in [-0.2, -0.15) is 0 Å². The van der Waals surface area contributed by atoms with Gasteiger partial charge in [0.2, 0.25) is 0 Å². The zero-order valence-electron chi connectivity index (χ0n) is 22.0. The maximum atomic E-state index is 11.4. The number of imidazole rings is 1. The van der Waals surface area contributed by atoms with E-state index >= 15 is 0 Å². The second kappa shape index (κ2) is 9.79. The van der Waals surface area contributed by atoms with Gasteiger partial charge in [0.25, 0.3) is 0 Å². The van der Waals surface area contributed by atoms with Crippen molar-refractivity contribution in [3.05, 3.63) is 72.8 Å². The SMILES string of the molecule is Cc1cc(Nc2ncnc3ccc(N4CCN(C(=O)O)C[C@@H]4C)cc23)ccc1Oc1ccc2c(c1)ncn2C. The van der Waals surface area contributed by atoms with Crippen LogP contribution in [0.2, 0.25) is 0 Å². The van der Waals surface area contributed by atoms with Crippen molar-refractivity contribution in [2.75, 3.05) is 29.9 Å². The first-order chi connectivity index (χ1) is 18.9. The molecule has 5 aromatic rings. The van der Waals surface area contributed by atoms with Crippen LogP contribution in [0.25, 0.3) is 21.9 Å². The fraction of sp³-hybridized carbons (Fsp3) is 0.241. The van der Waals surface area contributed by atoms with Crippen LogP contribution in [0.3, 0.4) is 0 Å². The van der Waals surface area contributed by atoms with Crippen molar-refractivity contribution in [3.8, 4) is 11.5 Å². The third-order valence-corrected chi connectivity index (χ3v) is 7.21. The molecule has 0 bridgehead atoms. The summed E-state index contributed by atoms with van der Waals surface area (Å²) in [4.78, 5) is 28.5. The molecule has 10 nitrogen and oxygen atoms in total. The maximum absolute atomic E-state index is 11.4. The fourth-order valence-electron chi connectivity index (χ4n) is 5.12. The van der Waals surface area contributed by atoms with Crippen LogP contribution >= 0.6 is 0 Å². The minimum atomic E-state index is -0.874. The number of nitrogens with one attached hydrogen (secondary N) is 1. The van der Waals surface area contributed by atoms with Crippen LogP contribution in [0.5, 0.6) is 11.5 Å². The molecule has 1 aliphatic heterocycles. The molecule has 0 spiro atoms. The van der Waals surface area contributed by atoms with Gasteiger partial charge >= 0.3 is 6.09 Å². The van der Waals surface area contributed by atoms with Crippen molar-refractivity contribution >= 4 is 45.2 Å². The molecule has 1 saturated heterocycles. The monoisotopic (exact) mass is 523 g/mol. The van der Waals surface area contributed by atoms with Crippen LogP contribution in [0.4, 0.5) is 22.0 Å². The number of anilines is 3. The third kappa shape index (κ3) is 4.76. The molecule has 1 atom stereocenters. The maximum Gasteiger partial charge on any atom is 0.407 e. The Balaban J connectivity index is 1.23. The zero-order valence-corrected chi connectivity index (χ0v) is 22.0. The highest BCUT2D eigenvalue weighted by atomic mass is 16.5. The van der Waals surface area contributed by atoms with Crippen molar-refractivity contribution in [3.63, 3.8) is 0 Å². The number of aromatic nitrogens is 4. The molecule has 3 heterocycles. The van der Waals surface area contributed by atoms with Crippen molar-refractivity contribution in [2.45, 2.75) is 19.9 Å². The van der Waals surface area contributed by atoms with E-state index in [1.165, 1.54) is 4.90 Å². The number of hydrogen-bond donors (Lipinski definition) is 2. The molecule has 3 aromatic carbocycles. The molecule has 39 heavy (non-hydrogen) atoms. The van der Waals surface area contributed by atoms with Crippen molar-refractivity contribution in [1.29, 1.82) is 0 Å². The molecule has 1 aliphatic rings. The number of piperazine rings is 1. The molecule has 2 aromatic heterocycles. The Morgan fingerprint density at radius 3 is 2.69 bits per heavy atom. The highest BCUT2D eigenvalue weighted by Gasteiger charge is 2.27. The summed E-state index contributed by atoms with van der Waals surface area (Å²) in [6.07, 6.45) is 2.47. The number of carbonyl (C=O) groups is 1. The van der Waals surface area contributed by atoms with Crippen LogP contribution in [0.1, 0.15) is 12.5 Å². The van der Waals surface area contributed by atoms with Crippen molar-refractivity contribution in [2.24, 2.45) is 7.05 Å². The van der Waals surface area contributed by atoms with E-state index in [0.717, 1.165) is 50.4 Å². The molecule has 0 aliphatic carbocycles. The topological polar surface area (TPSA) is 109 Å². The minimum Gasteiger partial charge on any atom is -0.465 e. The number of aryl methyl sites for hydroxylation is 2. The van der Waals surface area contributed by atoms with Crippen LogP contribution in [0.15, 0.2) is 67.3 Å². The lowest BCUT2D eigenvalue weighted by molar-refractivity contribution is 0.136. The lowest BCUT2D eigenvalue weighted by Gasteiger charge is -2.40. The highest BCUT2D eigenvalue weighted by molar-refractivity contribution is 5.93. The summed E-state index contributed by atoms with van der Waals surface area (Å²) in [5.41, 5.74) is 5.64.